The van der Waals surface area contributed by atoms with Gasteiger partial charge in [0.05, 0.1) is 10.2 Å². The van der Waals surface area contributed by atoms with Crippen molar-refractivity contribution < 1.29 is 0 Å². The Labute approximate surface area is 117 Å². The van der Waals surface area contributed by atoms with E-state index in [0.29, 0.717) is 5.15 Å². The lowest BCUT2D eigenvalue weighted by Gasteiger charge is -2.22. The monoisotopic (exact) mass is 318 g/mol. The Morgan fingerprint density at radius 1 is 1.06 bits per heavy atom. The molecule has 0 radical (unpaired) electrons. The highest BCUT2D eigenvalue weighted by Gasteiger charge is 2.24. The summed E-state index contributed by atoms with van der Waals surface area (Å²) < 4.78 is 0.810. The molecule has 1 aromatic rings. The molecule has 0 N–H and O–H groups in total. The topological polar surface area (TPSA) is 25.8 Å². The summed E-state index contributed by atoms with van der Waals surface area (Å²) in [6.45, 7) is 12.9. The van der Waals surface area contributed by atoms with E-state index >= 15 is 0 Å². The first-order chi connectivity index (χ1) is 7.50. The molecule has 0 aromatic carbocycles. The van der Waals surface area contributed by atoms with E-state index in [1.807, 2.05) is 0 Å². The maximum atomic E-state index is 6.16. The van der Waals surface area contributed by atoms with Crippen LogP contribution < -0.4 is 0 Å². The van der Waals surface area contributed by atoms with Crippen molar-refractivity contribution in [3.63, 3.8) is 0 Å². The smallest absolute Gasteiger partial charge is 0.147 e. The molecular weight excluding hydrogens is 300 g/mol. The fraction of sp³-hybridized carbons (Fsp3) is 0.692. The van der Waals surface area contributed by atoms with Crippen LogP contribution in [-0.2, 0) is 11.8 Å². The van der Waals surface area contributed by atoms with Crippen LogP contribution in [0.3, 0.4) is 0 Å². The minimum atomic E-state index is -0.0436. The maximum Gasteiger partial charge on any atom is 0.147 e. The van der Waals surface area contributed by atoms with E-state index in [1.54, 1.807) is 0 Å². The predicted molar refractivity (Wildman–Crippen MR) is 76.6 cm³/mol. The van der Waals surface area contributed by atoms with Crippen LogP contribution in [-0.4, -0.2) is 9.97 Å². The average Bonchev–Trinajstić information content (AvgIpc) is 2.06. The second kappa shape index (κ2) is 4.85. The fourth-order valence-corrected chi connectivity index (χ4v) is 2.47. The molecule has 0 amide bonds. The first kappa shape index (κ1) is 14.9. The van der Waals surface area contributed by atoms with Gasteiger partial charge in [0.15, 0.2) is 0 Å². The Bertz CT molecular complexity index is 417. The molecular formula is C13H20BrClN2. The Balaban J connectivity index is 3.25. The van der Waals surface area contributed by atoms with Gasteiger partial charge in [-0.25, -0.2) is 9.97 Å². The second-order valence-corrected chi connectivity index (χ2v) is 7.73. The van der Waals surface area contributed by atoms with Gasteiger partial charge in [0, 0.05) is 11.8 Å². The van der Waals surface area contributed by atoms with Gasteiger partial charge in [0.25, 0.3) is 0 Å². The van der Waals surface area contributed by atoms with E-state index in [-0.39, 0.29) is 10.8 Å². The average molecular weight is 320 g/mol. The van der Waals surface area contributed by atoms with Gasteiger partial charge in [-0.15, -0.1) is 0 Å². The highest BCUT2D eigenvalue weighted by Crippen LogP contribution is 2.33. The van der Waals surface area contributed by atoms with E-state index < -0.39 is 0 Å². The van der Waals surface area contributed by atoms with E-state index in [9.17, 15) is 0 Å². The van der Waals surface area contributed by atoms with Gasteiger partial charge in [0.2, 0.25) is 0 Å². The third-order valence-corrected chi connectivity index (χ3v) is 3.51. The first-order valence-electron chi connectivity index (χ1n) is 5.73. The lowest BCUT2D eigenvalue weighted by molar-refractivity contribution is 0.398. The summed E-state index contributed by atoms with van der Waals surface area (Å²) in [5.41, 5.74) is 1.08. The Morgan fingerprint density at radius 2 is 1.59 bits per heavy atom. The third-order valence-electron chi connectivity index (χ3n) is 2.26. The molecule has 0 aliphatic rings. The van der Waals surface area contributed by atoms with Gasteiger partial charge in [-0.1, -0.05) is 53.1 Å². The largest absolute Gasteiger partial charge is 0.236 e. The third kappa shape index (κ3) is 4.22. The van der Waals surface area contributed by atoms with Crippen LogP contribution in [0.5, 0.6) is 0 Å². The summed E-state index contributed by atoms with van der Waals surface area (Å²) in [4.78, 5) is 8.99. The summed E-state index contributed by atoms with van der Waals surface area (Å²) >= 11 is 9.63. The Morgan fingerprint density at radius 3 is 2.00 bits per heavy atom. The fourth-order valence-electron chi connectivity index (χ4n) is 1.51. The van der Waals surface area contributed by atoms with Crippen molar-refractivity contribution in [2.45, 2.75) is 53.4 Å². The quantitative estimate of drug-likeness (QED) is 0.696. The lowest BCUT2D eigenvalue weighted by Crippen LogP contribution is -2.19. The molecule has 17 heavy (non-hydrogen) atoms. The summed E-state index contributed by atoms with van der Waals surface area (Å²) in [7, 11) is 0. The van der Waals surface area contributed by atoms with Crippen molar-refractivity contribution in [1.29, 1.82) is 0 Å². The SMILES string of the molecule is CC(C)(C)Cc1nc(Cl)c(Br)c(C(C)(C)C)n1. The van der Waals surface area contributed by atoms with Crippen LogP contribution in [0.1, 0.15) is 53.1 Å². The van der Waals surface area contributed by atoms with Crippen LogP contribution in [0, 0.1) is 5.41 Å². The highest BCUT2D eigenvalue weighted by molar-refractivity contribution is 9.10. The molecule has 0 bridgehead atoms. The molecule has 0 fully saturated rings. The molecule has 1 heterocycles. The summed E-state index contributed by atoms with van der Waals surface area (Å²) in [5, 5.41) is 0.504. The Kier molecular flexibility index (Phi) is 4.25. The molecule has 0 saturated heterocycles. The molecule has 96 valence electrons. The minimum Gasteiger partial charge on any atom is -0.236 e. The second-order valence-electron chi connectivity index (χ2n) is 6.58. The van der Waals surface area contributed by atoms with Gasteiger partial charge in [-0.3, -0.25) is 0 Å². The Hall–Kier alpha value is -0.150. The molecule has 4 heteroatoms. The molecule has 0 atom stereocenters. The van der Waals surface area contributed by atoms with Crippen molar-refractivity contribution >= 4 is 27.5 Å². The van der Waals surface area contributed by atoms with Crippen molar-refractivity contribution in [1.82, 2.24) is 9.97 Å². The van der Waals surface area contributed by atoms with Gasteiger partial charge in [0.1, 0.15) is 11.0 Å². The first-order valence-corrected chi connectivity index (χ1v) is 6.90. The van der Waals surface area contributed by atoms with E-state index in [1.165, 1.54) is 0 Å². The summed E-state index contributed by atoms with van der Waals surface area (Å²) in [6.07, 6.45) is 0.823. The molecule has 0 spiro atoms. The summed E-state index contributed by atoms with van der Waals surface area (Å²) in [5.74, 6) is 0.815. The minimum absolute atomic E-state index is 0.0436. The summed E-state index contributed by atoms with van der Waals surface area (Å²) in [6, 6.07) is 0. The molecule has 1 rings (SSSR count). The van der Waals surface area contributed by atoms with Crippen molar-refractivity contribution in [3.8, 4) is 0 Å². The number of hydrogen-bond acceptors (Lipinski definition) is 2. The van der Waals surface area contributed by atoms with Crippen LogP contribution in [0.2, 0.25) is 5.15 Å². The van der Waals surface area contributed by atoms with Gasteiger partial charge in [-0.2, -0.15) is 0 Å². The molecule has 0 unspecified atom stereocenters. The number of nitrogens with zero attached hydrogens (tertiary/aromatic N) is 2. The van der Waals surface area contributed by atoms with Crippen molar-refractivity contribution in [2.75, 3.05) is 0 Å². The number of aromatic nitrogens is 2. The van der Waals surface area contributed by atoms with E-state index in [0.717, 1.165) is 22.4 Å². The van der Waals surface area contributed by atoms with Crippen molar-refractivity contribution in [2.24, 2.45) is 5.41 Å². The zero-order valence-corrected chi connectivity index (χ0v) is 13.7. The molecule has 0 saturated carbocycles. The van der Waals surface area contributed by atoms with Crippen LogP contribution in [0.4, 0.5) is 0 Å². The predicted octanol–water partition coefficient (Wildman–Crippen LogP) is 4.78. The zero-order chi connectivity index (χ0) is 13.4. The molecule has 1 aromatic heterocycles. The lowest BCUT2D eigenvalue weighted by atomic mass is 9.90. The van der Waals surface area contributed by atoms with Gasteiger partial charge >= 0.3 is 0 Å². The van der Waals surface area contributed by atoms with Crippen LogP contribution in [0.15, 0.2) is 4.47 Å². The van der Waals surface area contributed by atoms with E-state index in [2.05, 4.69) is 67.4 Å². The molecule has 0 aliphatic carbocycles. The maximum absolute atomic E-state index is 6.16. The van der Waals surface area contributed by atoms with Crippen LogP contribution in [0.25, 0.3) is 0 Å². The van der Waals surface area contributed by atoms with Crippen LogP contribution >= 0.6 is 27.5 Å². The number of halogens is 2. The highest BCUT2D eigenvalue weighted by atomic mass is 79.9. The standard InChI is InChI=1S/C13H20BrClN2/c1-12(2,3)7-8-16-10(13(4,5)6)9(14)11(15)17-8/h7H2,1-6H3. The zero-order valence-electron chi connectivity index (χ0n) is 11.4. The van der Waals surface area contributed by atoms with Gasteiger partial charge in [-0.05, 0) is 21.3 Å². The van der Waals surface area contributed by atoms with E-state index in [4.69, 9.17) is 11.6 Å². The normalized spacial score (nSPS) is 12.9. The molecule has 0 aliphatic heterocycles. The number of hydrogen-bond donors (Lipinski definition) is 0. The molecule has 2 nitrogen and oxygen atoms in total. The van der Waals surface area contributed by atoms with Gasteiger partial charge < -0.3 is 0 Å². The number of rotatable bonds is 1. The van der Waals surface area contributed by atoms with Crippen molar-refractivity contribution in [3.05, 3.63) is 21.1 Å².